The first-order valence-corrected chi connectivity index (χ1v) is 10.3. The topological polar surface area (TPSA) is 94.0 Å². The quantitative estimate of drug-likeness (QED) is 0.413. The van der Waals surface area contributed by atoms with E-state index in [1.165, 1.54) is 6.33 Å². The van der Waals surface area contributed by atoms with Crippen molar-refractivity contribution < 1.29 is 9.53 Å². The van der Waals surface area contributed by atoms with E-state index in [0.717, 1.165) is 17.1 Å². The third-order valence-electron chi connectivity index (χ3n) is 4.69. The number of benzene rings is 2. The lowest BCUT2D eigenvalue weighted by molar-refractivity contribution is 0.0955. The SMILES string of the molecule is Cc1cc(C)n(-c2cc(NCCNC(=O)c3ccc(Oc4ccccc4)cc3)ncn2)n1. The molecule has 2 heterocycles. The number of anilines is 1. The van der Waals surface area contributed by atoms with Crippen LogP contribution >= 0.6 is 0 Å². The molecular formula is C24H24N6O2. The van der Waals surface area contributed by atoms with E-state index in [1.807, 2.05) is 56.3 Å². The van der Waals surface area contributed by atoms with E-state index in [2.05, 4.69) is 25.7 Å². The van der Waals surface area contributed by atoms with Crippen LogP contribution in [0.1, 0.15) is 21.7 Å². The molecule has 0 spiro atoms. The van der Waals surface area contributed by atoms with E-state index < -0.39 is 0 Å². The fourth-order valence-electron chi connectivity index (χ4n) is 3.19. The Morgan fingerprint density at radius 1 is 0.938 bits per heavy atom. The summed E-state index contributed by atoms with van der Waals surface area (Å²) < 4.78 is 7.52. The highest BCUT2D eigenvalue weighted by Crippen LogP contribution is 2.21. The Labute approximate surface area is 186 Å². The van der Waals surface area contributed by atoms with Crippen LogP contribution in [-0.2, 0) is 0 Å². The molecule has 0 aliphatic rings. The van der Waals surface area contributed by atoms with Gasteiger partial charge in [0.25, 0.3) is 5.91 Å². The first-order valence-electron chi connectivity index (χ1n) is 10.3. The first-order chi connectivity index (χ1) is 15.6. The van der Waals surface area contributed by atoms with Crippen LogP contribution in [0.3, 0.4) is 0 Å². The van der Waals surface area contributed by atoms with E-state index in [1.54, 1.807) is 28.9 Å². The minimum absolute atomic E-state index is 0.149. The average molecular weight is 428 g/mol. The van der Waals surface area contributed by atoms with Crippen LogP contribution in [-0.4, -0.2) is 38.7 Å². The largest absolute Gasteiger partial charge is 0.457 e. The van der Waals surface area contributed by atoms with Crippen LogP contribution in [0, 0.1) is 13.8 Å². The Kier molecular flexibility index (Phi) is 6.41. The number of nitrogens with zero attached hydrogens (tertiary/aromatic N) is 4. The highest BCUT2D eigenvalue weighted by molar-refractivity contribution is 5.94. The Bertz CT molecular complexity index is 1190. The van der Waals surface area contributed by atoms with Crippen molar-refractivity contribution in [2.24, 2.45) is 0 Å². The Balaban J connectivity index is 1.26. The van der Waals surface area contributed by atoms with Crippen molar-refractivity contribution in [2.75, 3.05) is 18.4 Å². The Hall–Kier alpha value is -4.20. The van der Waals surface area contributed by atoms with Gasteiger partial charge in [0, 0.05) is 30.4 Å². The molecule has 0 aliphatic heterocycles. The molecule has 0 atom stereocenters. The predicted molar refractivity (Wildman–Crippen MR) is 122 cm³/mol. The molecule has 0 saturated carbocycles. The molecule has 8 heteroatoms. The molecule has 2 aromatic carbocycles. The van der Waals surface area contributed by atoms with Crippen molar-refractivity contribution in [3.63, 3.8) is 0 Å². The molecule has 0 radical (unpaired) electrons. The number of para-hydroxylation sites is 1. The molecule has 0 unspecified atom stereocenters. The average Bonchev–Trinajstić information content (AvgIpc) is 3.16. The number of amides is 1. The number of hydrogen-bond donors (Lipinski definition) is 2. The maximum atomic E-state index is 12.4. The van der Waals surface area contributed by atoms with Crippen molar-refractivity contribution >= 4 is 11.7 Å². The molecule has 0 bridgehead atoms. The molecule has 0 fully saturated rings. The van der Waals surface area contributed by atoms with E-state index in [4.69, 9.17) is 4.74 Å². The molecule has 162 valence electrons. The highest BCUT2D eigenvalue weighted by Gasteiger charge is 2.08. The summed E-state index contributed by atoms with van der Waals surface area (Å²) in [7, 11) is 0. The molecule has 4 aromatic rings. The van der Waals surface area contributed by atoms with Crippen molar-refractivity contribution in [3.8, 4) is 17.3 Å². The van der Waals surface area contributed by atoms with Gasteiger partial charge in [-0.25, -0.2) is 14.6 Å². The van der Waals surface area contributed by atoms with E-state index in [9.17, 15) is 4.79 Å². The molecular weight excluding hydrogens is 404 g/mol. The number of carbonyl (C=O) groups is 1. The van der Waals surface area contributed by atoms with Gasteiger partial charge < -0.3 is 15.4 Å². The zero-order chi connectivity index (χ0) is 22.3. The van der Waals surface area contributed by atoms with Gasteiger partial charge in [-0.3, -0.25) is 4.79 Å². The van der Waals surface area contributed by atoms with Gasteiger partial charge in [0.05, 0.1) is 5.69 Å². The smallest absolute Gasteiger partial charge is 0.251 e. The lowest BCUT2D eigenvalue weighted by Crippen LogP contribution is -2.28. The molecule has 8 nitrogen and oxygen atoms in total. The predicted octanol–water partition coefficient (Wildman–Crippen LogP) is 3.91. The normalized spacial score (nSPS) is 10.6. The van der Waals surface area contributed by atoms with E-state index >= 15 is 0 Å². The second-order valence-electron chi connectivity index (χ2n) is 7.22. The minimum atomic E-state index is -0.149. The lowest BCUT2D eigenvalue weighted by Gasteiger charge is -2.10. The van der Waals surface area contributed by atoms with Gasteiger partial charge in [0.1, 0.15) is 23.6 Å². The third-order valence-corrected chi connectivity index (χ3v) is 4.69. The fraction of sp³-hybridized carbons (Fsp3) is 0.167. The number of hydrogen-bond acceptors (Lipinski definition) is 6. The molecule has 4 rings (SSSR count). The zero-order valence-electron chi connectivity index (χ0n) is 17.9. The van der Waals surface area contributed by atoms with Crippen LogP contribution in [0.5, 0.6) is 11.5 Å². The molecule has 0 aliphatic carbocycles. The first kappa shape index (κ1) is 21.0. The standard InChI is InChI=1S/C24H24N6O2/c1-17-14-18(2)30(29-17)23-15-22(27-16-28-23)25-12-13-26-24(31)19-8-10-21(11-9-19)32-20-6-4-3-5-7-20/h3-11,14-16H,12-13H2,1-2H3,(H,26,31)(H,25,27,28). The van der Waals surface area contributed by atoms with Crippen molar-refractivity contribution in [2.45, 2.75) is 13.8 Å². The monoisotopic (exact) mass is 428 g/mol. The minimum Gasteiger partial charge on any atom is -0.457 e. The molecule has 0 saturated heterocycles. The van der Waals surface area contributed by atoms with Gasteiger partial charge >= 0.3 is 0 Å². The Morgan fingerprint density at radius 3 is 2.41 bits per heavy atom. The lowest BCUT2D eigenvalue weighted by atomic mass is 10.2. The number of aryl methyl sites for hydroxylation is 2. The third kappa shape index (κ3) is 5.28. The molecule has 1 amide bonds. The van der Waals surface area contributed by atoms with Crippen molar-refractivity contribution in [1.29, 1.82) is 0 Å². The fourth-order valence-corrected chi connectivity index (χ4v) is 3.19. The van der Waals surface area contributed by atoms with Crippen molar-refractivity contribution in [3.05, 3.63) is 90.0 Å². The van der Waals surface area contributed by atoms with Crippen molar-refractivity contribution in [1.82, 2.24) is 25.1 Å². The maximum absolute atomic E-state index is 12.4. The number of nitrogens with one attached hydrogen (secondary N) is 2. The molecule has 2 aromatic heterocycles. The number of aromatic nitrogens is 4. The summed E-state index contributed by atoms with van der Waals surface area (Å²) in [6, 6.07) is 20.4. The van der Waals surface area contributed by atoms with Gasteiger partial charge in [0.2, 0.25) is 0 Å². The summed E-state index contributed by atoms with van der Waals surface area (Å²) in [5.74, 6) is 2.64. The van der Waals surface area contributed by atoms with Crippen LogP contribution in [0.15, 0.2) is 73.1 Å². The summed E-state index contributed by atoms with van der Waals surface area (Å²) in [6.45, 7) is 4.89. The summed E-state index contributed by atoms with van der Waals surface area (Å²) >= 11 is 0. The number of carbonyl (C=O) groups excluding carboxylic acids is 1. The summed E-state index contributed by atoms with van der Waals surface area (Å²) in [6.07, 6.45) is 1.49. The molecule has 2 N–H and O–H groups in total. The second kappa shape index (κ2) is 9.74. The van der Waals surface area contributed by atoms with Gasteiger partial charge in [-0.1, -0.05) is 18.2 Å². The van der Waals surface area contributed by atoms with Crippen LogP contribution in [0.25, 0.3) is 5.82 Å². The molecule has 32 heavy (non-hydrogen) atoms. The van der Waals surface area contributed by atoms with Gasteiger partial charge in [-0.2, -0.15) is 5.10 Å². The second-order valence-corrected chi connectivity index (χ2v) is 7.22. The zero-order valence-corrected chi connectivity index (χ0v) is 17.9. The van der Waals surface area contributed by atoms with Crippen LogP contribution in [0.4, 0.5) is 5.82 Å². The summed E-state index contributed by atoms with van der Waals surface area (Å²) in [5, 5.41) is 10.5. The van der Waals surface area contributed by atoms with Gasteiger partial charge in [-0.15, -0.1) is 0 Å². The van der Waals surface area contributed by atoms with E-state index in [-0.39, 0.29) is 5.91 Å². The highest BCUT2D eigenvalue weighted by atomic mass is 16.5. The maximum Gasteiger partial charge on any atom is 0.251 e. The van der Waals surface area contributed by atoms with Gasteiger partial charge in [-0.05, 0) is 56.3 Å². The summed E-state index contributed by atoms with van der Waals surface area (Å²) in [4.78, 5) is 20.9. The number of rotatable bonds is 8. The Morgan fingerprint density at radius 2 is 1.69 bits per heavy atom. The van der Waals surface area contributed by atoms with Gasteiger partial charge in [0.15, 0.2) is 5.82 Å². The van der Waals surface area contributed by atoms with E-state index in [0.29, 0.717) is 36.0 Å². The summed E-state index contributed by atoms with van der Waals surface area (Å²) in [5.41, 5.74) is 2.50. The number of ether oxygens (including phenoxy) is 1. The van der Waals surface area contributed by atoms with Crippen LogP contribution in [0.2, 0.25) is 0 Å². The van der Waals surface area contributed by atoms with Crippen LogP contribution < -0.4 is 15.4 Å².